The predicted octanol–water partition coefficient (Wildman–Crippen LogP) is 1.06. The zero-order valence-electron chi connectivity index (χ0n) is 13.8. The molecule has 0 unspecified atom stereocenters. The summed E-state index contributed by atoms with van der Waals surface area (Å²) in [5.74, 6) is -0.355. The molecule has 1 atom stereocenters. The van der Waals surface area contributed by atoms with Crippen LogP contribution < -0.4 is 10.0 Å². The number of carbonyl (C=O) groups excluding carboxylic acids is 1. The zero-order chi connectivity index (χ0) is 17.6. The number of nitrogens with one attached hydrogen (secondary N) is 2. The third kappa shape index (κ3) is 5.17. The lowest BCUT2D eigenvalue weighted by atomic mass is 10.3. The quantitative estimate of drug-likeness (QED) is 0.696. The van der Waals surface area contributed by atoms with Gasteiger partial charge in [-0.05, 0) is 38.0 Å². The van der Waals surface area contributed by atoms with Crippen molar-refractivity contribution >= 4 is 15.9 Å². The van der Waals surface area contributed by atoms with Crippen LogP contribution in [0, 0.1) is 6.92 Å². The highest BCUT2D eigenvalue weighted by Gasteiger charge is 2.21. The Morgan fingerprint density at radius 1 is 1.29 bits per heavy atom. The molecule has 0 spiro atoms. The third-order valence-electron chi connectivity index (χ3n) is 3.40. The first-order valence-electron chi connectivity index (χ1n) is 7.72. The van der Waals surface area contributed by atoms with Gasteiger partial charge in [0, 0.05) is 19.3 Å². The minimum absolute atomic E-state index is 0.138. The molecular formula is C16H22N4O3S. The van der Waals surface area contributed by atoms with E-state index in [1.807, 2.05) is 17.8 Å². The normalized spacial score (nSPS) is 12.8. The molecule has 7 nitrogen and oxygen atoms in total. The average Bonchev–Trinajstić information content (AvgIpc) is 2.97. The van der Waals surface area contributed by atoms with E-state index in [1.54, 1.807) is 24.4 Å². The molecule has 24 heavy (non-hydrogen) atoms. The van der Waals surface area contributed by atoms with Crippen LogP contribution in [0.4, 0.5) is 0 Å². The van der Waals surface area contributed by atoms with E-state index in [2.05, 4.69) is 15.1 Å². The number of amides is 1. The highest BCUT2D eigenvalue weighted by atomic mass is 32.2. The number of nitrogens with zero attached hydrogens (tertiary/aromatic N) is 2. The van der Waals surface area contributed by atoms with E-state index in [0.717, 1.165) is 5.56 Å². The van der Waals surface area contributed by atoms with Crippen molar-refractivity contribution in [3.8, 4) is 0 Å². The van der Waals surface area contributed by atoms with Gasteiger partial charge in [-0.25, -0.2) is 8.42 Å². The molecule has 130 valence electrons. The van der Waals surface area contributed by atoms with Gasteiger partial charge in [0.15, 0.2) is 0 Å². The number of sulfonamides is 1. The van der Waals surface area contributed by atoms with Crippen molar-refractivity contribution in [1.29, 1.82) is 0 Å². The summed E-state index contributed by atoms with van der Waals surface area (Å²) in [6, 6.07) is 7.13. The molecule has 1 aromatic carbocycles. The Hall–Kier alpha value is -2.19. The van der Waals surface area contributed by atoms with Crippen LogP contribution in [0.25, 0.3) is 0 Å². The first kappa shape index (κ1) is 18.2. The third-order valence-corrected chi connectivity index (χ3v) is 4.96. The lowest BCUT2D eigenvalue weighted by molar-refractivity contribution is -0.122. The van der Waals surface area contributed by atoms with E-state index in [9.17, 15) is 13.2 Å². The molecule has 8 heteroatoms. The van der Waals surface area contributed by atoms with Crippen molar-refractivity contribution in [3.05, 3.63) is 48.3 Å². The van der Waals surface area contributed by atoms with Crippen molar-refractivity contribution < 1.29 is 13.2 Å². The fourth-order valence-electron chi connectivity index (χ4n) is 2.15. The number of rotatable bonds is 8. The van der Waals surface area contributed by atoms with Gasteiger partial charge in [0.05, 0.1) is 17.1 Å². The largest absolute Gasteiger partial charge is 0.355 e. The highest BCUT2D eigenvalue weighted by molar-refractivity contribution is 7.89. The first-order valence-corrected chi connectivity index (χ1v) is 9.21. The summed E-state index contributed by atoms with van der Waals surface area (Å²) in [5.41, 5.74) is 1.09. The topological polar surface area (TPSA) is 93.1 Å². The van der Waals surface area contributed by atoms with Gasteiger partial charge in [0.1, 0.15) is 0 Å². The number of aryl methyl sites for hydroxylation is 2. The van der Waals surface area contributed by atoms with Crippen molar-refractivity contribution in [1.82, 2.24) is 19.8 Å². The lowest BCUT2D eigenvalue weighted by Crippen LogP contribution is -2.45. The molecule has 0 saturated carbocycles. The van der Waals surface area contributed by atoms with E-state index in [4.69, 9.17) is 0 Å². The number of hydrogen-bond donors (Lipinski definition) is 2. The Bertz CT molecular complexity index is 772. The molecule has 2 aromatic rings. The fraction of sp³-hybridized carbons (Fsp3) is 0.375. The molecule has 1 heterocycles. The van der Waals surface area contributed by atoms with Crippen LogP contribution in [0.15, 0.2) is 47.6 Å². The van der Waals surface area contributed by atoms with Crippen LogP contribution in [0.2, 0.25) is 0 Å². The number of hydrogen-bond acceptors (Lipinski definition) is 4. The molecule has 2 N–H and O–H groups in total. The number of aromatic nitrogens is 2. The van der Waals surface area contributed by atoms with Crippen LogP contribution >= 0.6 is 0 Å². The molecule has 2 rings (SSSR count). The predicted molar refractivity (Wildman–Crippen MR) is 90.8 cm³/mol. The maximum Gasteiger partial charge on any atom is 0.241 e. The maximum atomic E-state index is 12.2. The maximum absolute atomic E-state index is 12.2. The second-order valence-electron chi connectivity index (χ2n) is 5.58. The zero-order valence-corrected chi connectivity index (χ0v) is 14.6. The molecule has 1 amide bonds. The highest BCUT2D eigenvalue weighted by Crippen LogP contribution is 2.07. The molecular weight excluding hydrogens is 328 g/mol. The summed E-state index contributed by atoms with van der Waals surface area (Å²) in [7, 11) is -3.70. The van der Waals surface area contributed by atoms with E-state index in [1.165, 1.54) is 19.1 Å². The molecule has 0 aliphatic carbocycles. The fourth-order valence-corrected chi connectivity index (χ4v) is 3.37. The molecule has 0 saturated heterocycles. The Balaban J connectivity index is 1.77. The van der Waals surface area contributed by atoms with Gasteiger partial charge >= 0.3 is 0 Å². The Labute approximate surface area is 142 Å². The van der Waals surface area contributed by atoms with Crippen molar-refractivity contribution in [3.63, 3.8) is 0 Å². The minimum atomic E-state index is -3.70. The smallest absolute Gasteiger partial charge is 0.241 e. The molecule has 0 bridgehead atoms. The standard InChI is InChI=1S/C16H22N4O3S/c1-13-11-18-20(12-13)10-6-9-17-16(21)14(2)19-24(22,23)15-7-4-3-5-8-15/h3-5,7-8,11-12,14,19H,6,9-10H2,1-2H3,(H,17,21)/t14-/m0/s1. The number of benzene rings is 1. The lowest BCUT2D eigenvalue weighted by Gasteiger charge is -2.14. The summed E-state index contributed by atoms with van der Waals surface area (Å²) in [6.07, 6.45) is 4.42. The van der Waals surface area contributed by atoms with Crippen molar-refractivity contribution in [2.24, 2.45) is 0 Å². The minimum Gasteiger partial charge on any atom is -0.355 e. The first-order chi connectivity index (χ1) is 11.4. The van der Waals surface area contributed by atoms with Crippen LogP contribution in [0.3, 0.4) is 0 Å². The van der Waals surface area contributed by atoms with E-state index in [-0.39, 0.29) is 10.8 Å². The Kier molecular flexibility index (Phi) is 6.10. The molecule has 1 aromatic heterocycles. The molecule has 0 aliphatic heterocycles. The monoisotopic (exact) mass is 350 g/mol. The van der Waals surface area contributed by atoms with Gasteiger partial charge in [-0.2, -0.15) is 9.82 Å². The SMILES string of the molecule is Cc1cnn(CCCNC(=O)[C@H](C)NS(=O)(=O)c2ccccc2)c1. The van der Waals surface area contributed by atoms with Gasteiger partial charge < -0.3 is 5.32 Å². The second kappa shape index (κ2) is 8.07. The van der Waals surface area contributed by atoms with Crippen LogP contribution in [-0.4, -0.2) is 36.7 Å². The number of carbonyl (C=O) groups is 1. The van der Waals surface area contributed by atoms with E-state index >= 15 is 0 Å². The van der Waals surface area contributed by atoms with Crippen molar-refractivity contribution in [2.75, 3.05) is 6.54 Å². The molecule has 0 aliphatic rings. The Morgan fingerprint density at radius 3 is 2.62 bits per heavy atom. The van der Waals surface area contributed by atoms with Gasteiger partial charge in [-0.3, -0.25) is 9.48 Å². The van der Waals surface area contributed by atoms with Crippen LogP contribution in [0.1, 0.15) is 18.9 Å². The van der Waals surface area contributed by atoms with E-state index in [0.29, 0.717) is 19.5 Å². The molecule has 0 fully saturated rings. The van der Waals surface area contributed by atoms with E-state index < -0.39 is 16.1 Å². The summed E-state index contributed by atoms with van der Waals surface area (Å²) < 4.78 is 28.5. The summed E-state index contributed by atoms with van der Waals surface area (Å²) in [5, 5.41) is 6.89. The van der Waals surface area contributed by atoms with Crippen LogP contribution in [-0.2, 0) is 21.4 Å². The summed E-state index contributed by atoms with van der Waals surface area (Å²) >= 11 is 0. The Morgan fingerprint density at radius 2 is 2.00 bits per heavy atom. The summed E-state index contributed by atoms with van der Waals surface area (Å²) in [6.45, 7) is 4.63. The molecule has 0 radical (unpaired) electrons. The van der Waals surface area contributed by atoms with Crippen molar-refractivity contribution in [2.45, 2.75) is 37.8 Å². The van der Waals surface area contributed by atoms with Gasteiger partial charge in [-0.1, -0.05) is 18.2 Å². The second-order valence-corrected chi connectivity index (χ2v) is 7.30. The van der Waals surface area contributed by atoms with Crippen LogP contribution in [0.5, 0.6) is 0 Å². The van der Waals surface area contributed by atoms with Gasteiger partial charge in [0.25, 0.3) is 0 Å². The average molecular weight is 350 g/mol. The summed E-state index contributed by atoms with van der Waals surface area (Å²) in [4.78, 5) is 12.1. The van der Waals surface area contributed by atoms with Gasteiger partial charge in [0.2, 0.25) is 15.9 Å². The van der Waals surface area contributed by atoms with Gasteiger partial charge in [-0.15, -0.1) is 0 Å².